The summed E-state index contributed by atoms with van der Waals surface area (Å²) in [7, 11) is -3.00. The van der Waals surface area contributed by atoms with E-state index in [4.69, 9.17) is 9.72 Å². The number of carbonyl (C=O) groups excluding carboxylic acids is 1. The van der Waals surface area contributed by atoms with E-state index < -0.39 is 9.84 Å². The fourth-order valence-corrected chi connectivity index (χ4v) is 7.76. The van der Waals surface area contributed by atoms with Gasteiger partial charge < -0.3 is 14.6 Å². The molecule has 2 heterocycles. The van der Waals surface area contributed by atoms with Crippen molar-refractivity contribution in [3.63, 3.8) is 0 Å². The summed E-state index contributed by atoms with van der Waals surface area (Å²) in [6, 6.07) is 10.0. The number of anilines is 1. The Labute approximate surface area is 230 Å². The highest BCUT2D eigenvalue weighted by atomic mass is 32.2. The van der Waals surface area contributed by atoms with E-state index in [-0.39, 0.29) is 17.7 Å². The highest BCUT2D eigenvalue weighted by molar-refractivity contribution is 7.90. The molecule has 39 heavy (non-hydrogen) atoms. The number of fused-ring (bicyclic) bond motifs is 3. The maximum absolute atomic E-state index is 13.2. The van der Waals surface area contributed by atoms with Crippen LogP contribution in [0.1, 0.15) is 57.8 Å². The molecule has 3 aromatic rings. The van der Waals surface area contributed by atoms with Crippen LogP contribution in [0.4, 0.5) is 5.95 Å². The molecule has 0 radical (unpaired) electrons. The van der Waals surface area contributed by atoms with Gasteiger partial charge in [-0.15, -0.1) is 0 Å². The summed E-state index contributed by atoms with van der Waals surface area (Å²) in [5.74, 6) is 4.81. The zero-order chi connectivity index (χ0) is 27.0. The average Bonchev–Trinajstić information content (AvgIpc) is 3.67. The Bertz CT molecular complexity index is 1440. The Hall–Kier alpha value is -2.94. The van der Waals surface area contributed by atoms with Gasteiger partial charge in [-0.05, 0) is 87.5 Å². The topological polar surface area (TPSA) is 103 Å². The summed E-state index contributed by atoms with van der Waals surface area (Å²) in [4.78, 5) is 22.5. The number of hydrogen-bond donors (Lipinski definition) is 1. The zero-order valence-corrected chi connectivity index (χ0v) is 23.4. The number of aromatic nitrogens is 3. The molecule has 0 aliphatic heterocycles. The van der Waals surface area contributed by atoms with Crippen molar-refractivity contribution in [1.29, 1.82) is 0 Å². The molecule has 9 heteroatoms. The lowest BCUT2D eigenvalue weighted by Gasteiger charge is -2.31. The summed E-state index contributed by atoms with van der Waals surface area (Å²) < 4.78 is 30.7. The Balaban J connectivity index is 1.08. The van der Waals surface area contributed by atoms with Gasteiger partial charge in [-0.3, -0.25) is 4.79 Å². The number of ether oxygens (including phenoxy) is 1. The lowest BCUT2D eigenvalue weighted by molar-refractivity contribution is -0.129. The number of nitrogens with zero attached hydrogens (tertiary/aromatic N) is 3. The van der Waals surface area contributed by atoms with Gasteiger partial charge in [0.2, 0.25) is 5.95 Å². The average molecular weight is 551 g/mol. The van der Waals surface area contributed by atoms with Gasteiger partial charge >= 0.3 is 0 Å². The van der Waals surface area contributed by atoms with Crippen LogP contribution in [0, 0.1) is 23.7 Å². The molecule has 8 nitrogen and oxygen atoms in total. The summed E-state index contributed by atoms with van der Waals surface area (Å²) in [5.41, 5.74) is 0.958. The van der Waals surface area contributed by atoms with Gasteiger partial charge in [0.1, 0.15) is 27.2 Å². The number of carbonyl (C=O) groups is 1. The minimum Gasteiger partial charge on any atom is -0.493 e. The predicted octanol–water partition coefficient (Wildman–Crippen LogP) is 5.21. The largest absolute Gasteiger partial charge is 0.493 e. The first-order valence-corrected chi connectivity index (χ1v) is 16.4. The molecule has 0 spiro atoms. The quantitative estimate of drug-likeness (QED) is 0.346. The van der Waals surface area contributed by atoms with Crippen LogP contribution in [0.5, 0.6) is 5.75 Å². The number of rotatable bonds is 10. The van der Waals surface area contributed by atoms with Gasteiger partial charge in [0.25, 0.3) is 0 Å². The molecule has 2 aromatic heterocycles. The van der Waals surface area contributed by atoms with E-state index in [0.717, 1.165) is 60.5 Å². The molecule has 1 aromatic carbocycles. The lowest BCUT2D eigenvalue weighted by atomic mass is 9.75. The number of ketones is 1. The molecule has 3 saturated carbocycles. The Morgan fingerprint density at radius 1 is 1.08 bits per heavy atom. The zero-order valence-electron chi connectivity index (χ0n) is 22.6. The highest BCUT2D eigenvalue weighted by Gasteiger charge is 2.45. The van der Waals surface area contributed by atoms with E-state index in [1.54, 1.807) is 6.20 Å². The number of Topliss-reactive ketones (excluding diaryl/α,β-unsaturated/α-hetero) is 1. The van der Waals surface area contributed by atoms with Crippen LogP contribution in [-0.4, -0.2) is 53.4 Å². The molecule has 0 saturated heterocycles. The maximum Gasteiger partial charge on any atom is 0.224 e. The molecule has 3 aliphatic rings. The Morgan fingerprint density at radius 2 is 1.92 bits per heavy atom. The van der Waals surface area contributed by atoms with Crippen LogP contribution in [0.25, 0.3) is 16.7 Å². The molecule has 3 aliphatic carbocycles. The predicted molar refractivity (Wildman–Crippen MR) is 152 cm³/mol. The molecule has 6 rings (SSSR count). The molecular formula is C30H38N4O4S. The number of sulfone groups is 1. The minimum atomic E-state index is -3.00. The van der Waals surface area contributed by atoms with E-state index in [2.05, 4.69) is 10.3 Å². The van der Waals surface area contributed by atoms with Crippen molar-refractivity contribution < 1.29 is 17.9 Å². The van der Waals surface area contributed by atoms with Crippen LogP contribution in [0.15, 0.2) is 42.7 Å². The first-order chi connectivity index (χ1) is 18.8. The maximum atomic E-state index is 13.2. The van der Waals surface area contributed by atoms with E-state index in [1.165, 1.54) is 25.5 Å². The Kier molecular flexibility index (Phi) is 7.35. The van der Waals surface area contributed by atoms with E-state index in [0.29, 0.717) is 36.6 Å². The molecule has 3 atom stereocenters. The molecule has 3 unspecified atom stereocenters. The highest BCUT2D eigenvalue weighted by Crippen LogP contribution is 2.50. The van der Waals surface area contributed by atoms with Crippen LogP contribution in [-0.2, 0) is 14.6 Å². The van der Waals surface area contributed by atoms with Crippen LogP contribution < -0.4 is 10.1 Å². The third-order valence-electron chi connectivity index (χ3n) is 9.06. The second kappa shape index (κ2) is 10.9. The second-order valence-corrected chi connectivity index (χ2v) is 14.1. The summed E-state index contributed by atoms with van der Waals surface area (Å²) in [6.45, 7) is 0.342. The van der Waals surface area contributed by atoms with Crippen molar-refractivity contribution in [3.05, 3.63) is 42.7 Å². The smallest absolute Gasteiger partial charge is 0.224 e. The molecule has 1 N–H and O–H groups in total. The molecule has 0 amide bonds. The molecule has 208 valence electrons. The monoisotopic (exact) mass is 550 g/mol. The van der Waals surface area contributed by atoms with Crippen molar-refractivity contribution in [2.75, 3.05) is 23.9 Å². The third-order valence-corrected chi connectivity index (χ3v) is 10.1. The van der Waals surface area contributed by atoms with E-state index in [9.17, 15) is 13.2 Å². The van der Waals surface area contributed by atoms with Crippen molar-refractivity contribution in [2.45, 2.75) is 63.8 Å². The number of hydrogen-bond acceptors (Lipinski definition) is 7. The van der Waals surface area contributed by atoms with Gasteiger partial charge in [0, 0.05) is 41.9 Å². The third kappa shape index (κ3) is 5.83. The first kappa shape index (κ1) is 26.3. The minimum absolute atomic E-state index is 0.111. The van der Waals surface area contributed by atoms with Gasteiger partial charge in [0.05, 0.1) is 17.9 Å². The van der Waals surface area contributed by atoms with Crippen molar-refractivity contribution in [3.8, 4) is 11.6 Å². The lowest BCUT2D eigenvalue weighted by Crippen LogP contribution is -2.34. The fraction of sp³-hybridized carbons (Fsp3) is 0.567. The number of benzene rings is 1. The fourth-order valence-electron chi connectivity index (χ4n) is 7.12. The summed E-state index contributed by atoms with van der Waals surface area (Å²) in [6.07, 6.45) is 14.3. The van der Waals surface area contributed by atoms with Crippen molar-refractivity contribution in [2.24, 2.45) is 23.7 Å². The molecular weight excluding hydrogens is 512 g/mol. The second-order valence-electron chi connectivity index (χ2n) is 11.8. The molecule has 3 fully saturated rings. The van der Waals surface area contributed by atoms with Gasteiger partial charge in [-0.25, -0.2) is 13.4 Å². The van der Waals surface area contributed by atoms with Gasteiger partial charge in [-0.1, -0.05) is 12.5 Å². The molecule has 2 bridgehead atoms. The standard InChI is InChI=1S/C30H38N4O4S/c1-39(36,37)17-3-16-38-27-5-2-4-26-24(27)13-15-34(26)28-12-14-31-30(33-28)32-23-10-8-21(9-11-23)29(35)25-19-20-6-7-22(25)18-20/h2,4-5,12-15,20-23,25H,3,6-11,16-19H2,1H3,(H,31,32,33). The van der Waals surface area contributed by atoms with Crippen LogP contribution >= 0.6 is 0 Å². The SMILES string of the molecule is CS(=O)(=O)CCCOc1cccc2c1ccn2-c1ccnc(NC2CCC(C(=O)C3CC4CCC3C4)CC2)n1. The summed E-state index contributed by atoms with van der Waals surface area (Å²) >= 11 is 0. The van der Waals surface area contributed by atoms with Gasteiger partial charge in [0.15, 0.2) is 0 Å². The van der Waals surface area contributed by atoms with Gasteiger partial charge in [-0.2, -0.15) is 4.98 Å². The number of nitrogens with one attached hydrogen (secondary N) is 1. The Morgan fingerprint density at radius 3 is 2.67 bits per heavy atom. The van der Waals surface area contributed by atoms with Crippen molar-refractivity contribution >= 4 is 32.5 Å². The van der Waals surface area contributed by atoms with Crippen LogP contribution in [0.3, 0.4) is 0 Å². The normalized spacial score (nSPS) is 26.6. The van der Waals surface area contributed by atoms with E-state index >= 15 is 0 Å². The van der Waals surface area contributed by atoms with Crippen LogP contribution in [0.2, 0.25) is 0 Å². The summed E-state index contributed by atoms with van der Waals surface area (Å²) in [5, 5.41) is 4.47. The van der Waals surface area contributed by atoms with Crippen molar-refractivity contribution in [1.82, 2.24) is 14.5 Å². The first-order valence-electron chi connectivity index (χ1n) is 14.4. The van der Waals surface area contributed by atoms with E-state index in [1.807, 2.05) is 41.1 Å².